The zero-order chi connectivity index (χ0) is 7.72. The maximum Gasteiger partial charge on any atom is 0.165 e. The fraction of sp³-hybridized carbons (Fsp3) is 0.200. The molecule has 0 radical (unpaired) electrons. The number of rotatable bonds is 0. The van der Waals surface area contributed by atoms with Crippen molar-refractivity contribution in [3.63, 3.8) is 0 Å². The second kappa shape index (κ2) is 3.38. The van der Waals surface area contributed by atoms with Crippen LogP contribution in [0.2, 0.25) is 0 Å². The highest BCUT2D eigenvalue weighted by molar-refractivity contribution is 7.93. The van der Waals surface area contributed by atoms with Gasteiger partial charge in [-0.2, -0.15) is 0 Å². The van der Waals surface area contributed by atoms with Gasteiger partial charge in [0.25, 0.3) is 0 Å². The molecule has 56 valence electrons. The van der Waals surface area contributed by atoms with Crippen LogP contribution in [0, 0.1) is 0 Å². The van der Waals surface area contributed by atoms with Crippen LogP contribution in [0.1, 0.15) is 0 Å². The highest BCUT2D eigenvalue weighted by Crippen LogP contribution is 2.33. The summed E-state index contributed by atoms with van der Waals surface area (Å²) in [6.07, 6.45) is 0. The molecule has 1 aliphatic heterocycles. The van der Waals surface area contributed by atoms with Crippen molar-refractivity contribution in [2.24, 2.45) is 0 Å². The van der Waals surface area contributed by atoms with E-state index in [2.05, 4.69) is 50.5 Å². The Morgan fingerprint density at radius 3 is 2.10 bits per heavy atom. The average molecular weight is 210 g/mol. The van der Waals surface area contributed by atoms with Crippen LogP contribution in [0.3, 0.4) is 0 Å². The molecule has 0 fully saturated rings. The van der Waals surface area contributed by atoms with E-state index in [1.54, 1.807) is 0 Å². The van der Waals surface area contributed by atoms with E-state index in [9.17, 15) is 0 Å². The Hall–Kier alpha value is 0.680. The first-order chi connectivity index (χ1) is 4.63. The molecule has 0 bridgehead atoms. The Balaban J connectivity index is 3.01. The van der Waals surface area contributed by atoms with E-state index in [0.29, 0.717) is 16.6 Å². The zero-order valence-corrected chi connectivity index (χ0v) is 8.48. The molecular formula is C5H6OS4. The Morgan fingerprint density at radius 1 is 1.00 bits per heavy atom. The first-order valence-electron chi connectivity index (χ1n) is 2.49. The van der Waals surface area contributed by atoms with Crippen LogP contribution in [0.4, 0.5) is 0 Å². The van der Waals surface area contributed by atoms with Crippen molar-refractivity contribution in [2.75, 3.05) is 6.61 Å². The fourth-order valence-electron chi connectivity index (χ4n) is 0.511. The number of thiol groups is 4. The summed E-state index contributed by atoms with van der Waals surface area (Å²) in [6, 6.07) is 0. The predicted octanol–water partition coefficient (Wildman–Crippen LogP) is 2.12. The van der Waals surface area contributed by atoms with Crippen molar-refractivity contribution >= 4 is 50.5 Å². The van der Waals surface area contributed by atoms with Crippen LogP contribution in [0.15, 0.2) is 19.8 Å². The molecular weight excluding hydrogens is 204 g/mol. The molecule has 0 saturated heterocycles. The van der Waals surface area contributed by atoms with E-state index in [-0.39, 0.29) is 0 Å². The first kappa shape index (κ1) is 8.77. The lowest BCUT2D eigenvalue weighted by atomic mass is 10.4. The average Bonchev–Trinajstić information content (AvgIpc) is 1.93. The van der Waals surface area contributed by atoms with Crippen molar-refractivity contribution in [2.45, 2.75) is 0 Å². The lowest BCUT2D eigenvalue weighted by molar-refractivity contribution is 0.270. The van der Waals surface area contributed by atoms with Crippen LogP contribution in [0.25, 0.3) is 0 Å². The summed E-state index contributed by atoms with van der Waals surface area (Å²) >= 11 is 16.4. The van der Waals surface area contributed by atoms with E-state index < -0.39 is 0 Å². The molecule has 0 saturated carbocycles. The van der Waals surface area contributed by atoms with E-state index in [0.717, 1.165) is 9.81 Å². The minimum atomic E-state index is 0.435. The number of hydrogen-bond donors (Lipinski definition) is 4. The standard InChI is InChI=1S/C5H6OS4/c7-2-1-6-5(10)4(9)3(2)8/h7-10H,1H2. The second-order valence-electron chi connectivity index (χ2n) is 1.74. The van der Waals surface area contributed by atoms with Gasteiger partial charge in [0.05, 0.1) is 4.91 Å². The molecule has 0 spiro atoms. The number of ether oxygens (including phenoxy) is 1. The van der Waals surface area contributed by atoms with Gasteiger partial charge in [0.1, 0.15) is 6.61 Å². The van der Waals surface area contributed by atoms with Gasteiger partial charge in [0.2, 0.25) is 0 Å². The molecule has 0 N–H and O–H groups in total. The molecule has 0 aromatic rings. The van der Waals surface area contributed by atoms with Crippen LogP contribution in [-0.4, -0.2) is 6.61 Å². The predicted molar refractivity (Wildman–Crippen MR) is 55.9 cm³/mol. The first-order valence-corrected chi connectivity index (χ1v) is 4.28. The maximum absolute atomic E-state index is 5.06. The van der Waals surface area contributed by atoms with E-state index in [4.69, 9.17) is 4.74 Å². The maximum atomic E-state index is 5.06. The van der Waals surface area contributed by atoms with Crippen LogP contribution < -0.4 is 0 Å². The highest BCUT2D eigenvalue weighted by Gasteiger charge is 2.13. The molecule has 1 aliphatic rings. The normalized spacial score (nSPS) is 19.6. The molecule has 1 nitrogen and oxygen atoms in total. The van der Waals surface area contributed by atoms with Crippen molar-refractivity contribution in [1.82, 2.24) is 0 Å². The smallest absolute Gasteiger partial charge is 0.165 e. The summed E-state index contributed by atoms with van der Waals surface area (Å²) in [5, 5.41) is 0.506. The van der Waals surface area contributed by atoms with E-state index in [1.165, 1.54) is 0 Å². The molecule has 0 aromatic heterocycles. The third kappa shape index (κ3) is 1.64. The van der Waals surface area contributed by atoms with Crippen LogP contribution in [-0.2, 0) is 4.74 Å². The van der Waals surface area contributed by atoms with Gasteiger partial charge in [0, 0.05) is 9.81 Å². The minimum Gasteiger partial charge on any atom is -0.481 e. The van der Waals surface area contributed by atoms with Gasteiger partial charge in [-0.05, 0) is 0 Å². The fourth-order valence-corrected chi connectivity index (χ4v) is 1.41. The second-order valence-corrected chi connectivity index (χ2v) is 3.58. The van der Waals surface area contributed by atoms with Crippen molar-refractivity contribution < 1.29 is 4.74 Å². The van der Waals surface area contributed by atoms with Gasteiger partial charge in [-0.25, -0.2) is 0 Å². The van der Waals surface area contributed by atoms with Crippen LogP contribution >= 0.6 is 50.5 Å². The molecule has 0 unspecified atom stereocenters. The third-order valence-electron chi connectivity index (χ3n) is 1.05. The Morgan fingerprint density at radius 2 is 1.60 bits per heavy atom. The molecule has 0 aliphatic carbocycles. The van der Waals surface area contributed by atoms with Gasteiger partial charge in [-0.3, -0.25) is 0 Å². The summed E-state index contributed by atoms with van der Waals surface area (Å²) in [7, 11) is 0. The summed E-state index contributed by atoms with van der Waals surface area (Å²) in [5.41, 5.74) is 0. The van der Waals surface area contributed by atoms with Crippen molar-refractivity contribution in [3.05, 3.63) is 19.8 Å². The number of hydrogen-bond acceptors (Lipinski definition) is 5. The molecule has 0 atom stereocenters. The van der Waals surface area contributed by atoms with Gasteiger partial charge in [0.15, 0.2) is 5.09 Å². The Bertz CT molecular complexity index is 194. The molecule has 0 aromatic carbocycles. The molecule has 1 rings (SSSR count). The van der Waals surface area contributed by atoms with E-state index in [1.807, 2.05) is 0 Å². The van der Waals surface area contributed by atoms with Crippen molar-refractivity contribution in [3.8, 4) is 0 Å². The Kier molecular flexibility index (Phi) is 2.97. The highest BCUT2D eigenvalue weighted by atomic mass is 32.1. The quantitative estimate of drug-likeness (QED) is 0.448. The molecule has 5 heteroatoms. The molecule has 1 heterocycles. The zero-order valence-electron chi connectivity index (χ0n) is 4.90. The topological polar surface area (TPSA) is 9.23 Å². The van der Waals surface area contributed by atoms with Gasteiger partial charge >= 0.3 is 0 Å². The monoisotopic (exact) mass is 210 g/mol. The molecule has 0 amide bonds. The van der Waals surface area contributed by atoms with Crippen molar-refractivity contribution in [1.29, 1.82) is 0 Å². The lowest BCUT2D eigenvalue weighted by Crippen LogP contribution is -2.01. The van der Waals surface area contributed by atoms with E-state index >= 15 is 0 Å². The minimum absolute atomic E-state index is 0.435. The summed E-state index contributed by atoms with van der Waals surface area (Å²) in [5.74, 6) is 0. The van der Waals surface area contributed by atoms with Gasteiger partial charge in [-0.1, -0.05) is 0 Å². The lowest BCUT2D eigenvalue weighted by Gasteiger charge is -2.15. The summed E-state index contributed by atoms with van der Waals surface area (Å²) in [6.45, 7) is 0.435. The van der Waals surface area contributed by atoms with Crippen LogP contribution in [0.5, 0.6) is 0 Å². The molecule has 10 heavy (non-hydrogen) atoms. The third-order valence-corrected chi connectivity index (χ3v) is 3.20. The Labute approximate surface area is 81.5 Å². The largest absolute Gasteiger partial charge is 0.481 e. The van der Waals surface area contributed by atoms with Gasteiger partial charge < -0.3 is 4.74 Å². The summed E-state index contributed by atoms with van der Waals surface area (Å²) < 4.78 is 5.06. The SMILES string of the molecule is SC1=C(S)C(S)=C(S)OC1. The summed E-state index contributed by atoms with van der Waals surface area (Å²) in [4.78, 5) is 2.16. The van der Waals surface area contributed by atoms with Gasteiger partial charge in [-0.15, -0.1) is 50.5 Å².